The third kappa shape index (κ3) is 5.76. The molecule has 4 nitrogen and oxygen atoms in total. The van der Waals surface area contributed by atoms with E-state index in [9.17, 15) is 4.79 Å². The largest absolute Gasteiger partial charge is 0.457 e. The molecule has 1 aliphatic heterocycles. The SMILES string of the molecule is Cl.O=C(NCCC1CCCNC1)c1ccccc1Oc1ccccc1. The van der Waals surface area contributed by atoms with E-state index >= 15 is 0 Å². The highest BCUT2D eigenvalue weighted by atomic mass is 35.5. The van der Waals surface area contributed by atoms with Gasteiger partial charge in [0.2, 0.25) is 0 Å². The van der Waals surface area contributed by atoms with Crippen molar-refractivity contribution in [3.05, 3.63) is 60.2 Å². The van der Waals surface area contributed by atoms with Crippen LogP contribution in [0.1, 0.15) is 29.6 Å². The van der Waals surface area contributed by atoms with E-state index in [1.54, 1.807) is 6.07 Å². The minimum absolute atomic E-state index is 0. The topological polar surface area (TPSA) is 50.4 Å². The number of hydrogen-bond donors (Lipinski definition) is 2. The van der Waals surface area contributed by atoms with E-state index in [0.29, 0.717) is 23.8 Å². The molecule has 2 aromatic rings. The zero-order valence-corrected chi connectivity index (χ0v) is 15.1. The van der Waals surface area contributed by atoms with E-state index in [2.05, 4.69) is 10.6 Å². The number of carbonyl (C=O) groups is 1. The van der Waals surface area contributed by atoms with E-state index in [4.69, 9.17) is 4.74 Å². The summed E-state index contributed by atoms with van der Waals surface area (Å²) in [5.74, 6) is 1.90. The van der Waals surface area contributed by atoms with Gasteiger partial charge < -0.3 is 15.4 Å². The molecule has 0 radical (unpaired) electrons. The Morgan fingerprint density at radius 3 is 2.64 bits per heavy atom. The summed E-state index contributed by atoms with van der Waals surface area (Å²) in [6, 6.07) is 16.9. The molecule has 1 amide bonds. The summed E-state index contributed by atoms with van der Waals surface area (Å²) in [5, 5.41) is 6.43. The Bertz CT molecular complexity index is 658. The van der Waals surface area contributed by atoms with E-state index in [1.165, 1.54) is 12.8 Å². The predicted molar refractivity (Wildman–Crippen MR) is 103 cm³/mol. The number of ether oxygens (including phenoxy) is 1. The van der Waals surface area contributed by atoms with Gasteiger partial charge in [0.05, 0.1) is 5.56 Å². The van der Waals surface area contributed by atoms with Crippen LogP contribution in [0, 0.1) is 5.92 Å². The molecule has 2 aromatic carbocycles. The van der Waals surface area contributed by atoms with Crippen molar-refractivity contribution >= 4 is 18.3 Å². The average Bonchev–Trinajstić information content (AvgIpc) is 2.64. The van der Waals surface area contributed by atoms with Gasteiger partial charge >= 0.3 is 0 Å². The lowest BCUT2D eigenvalue weighted by Gasteiger charge is -2.22. The molecule has 5 heteroatoms. The lowest BCUT2D eigenvalue weighted by Crippen LogP contribution is -2.33. The molecule has 1 saturated heterocycles. The molecule has 1 heterocycles. The Morgan fingerprint density at radius 1 is 1.12 bits per heavy atom. The number of para-hydroxylation sites is 2. The van der Waals surface area contributed by atoms with Crippen molar-refractivity contribution in [2.24, 2.45) is 5.92 Å². The second-order valence-electron chi connectivity index (χ2n) is 6.17. The number of hydrogen-bond acceptors (Lipinski definition) is 3. The number of carbonyl (C=O) groups excluding carboxylic acids is 1. The maximum Gasteiger partial charge on any atom is 0.255 e. The minimum Gasteiger partial charge on any atom is -0.457 e. The number of halogens is 1. The van der Waals surface area contributed by atoms with Crippen LogP contribution in [0.15, 0.2) is 54.6 Å². The predicted octanol–water partition coefficient (Wildman–Crippen LogP) is 4.02. The fourth-order valence-electron chi connectivity index (χ4n) is 3.01. The molecule has 0 aromatic heterocycles. The molecule has 0 spiro atoms. The Kier molecular flexibility index (Phi) is 7.76. The van der Waals surface area contributed by atoms with Crippen LogP contribution in [-0.4, -0.2) is 25.5 Å². The van der Waals surface area contributed by atoms with Gasteiger partial charge in [-0.15, -0.1) is 12.4 Å². The average molecular weight is 361 g/mol. The highest BCUT2D eigenvalue weighted by Gasteiger charge is 2.15. The van der Waals surface area contributed by atoms with Crippen LogP contribution in [0.4, 0.5) is 0 Å². The summed E-state index contributed by atoms with van der Waals surface area (Å²) < 4.78 is 5.86. The second-order valence-corrected chi connectivity index (χ2v) is 6.17. The highest BCUT2D eigenvalue weighted by Crippen LogP contribution is 2.25. The van der Waals surface area contributed by atoms with Gasteiger partial charge in [0, 0.05) is 6.54 Å². The van der Waals surface area contributed by atoms with Crippen LogP contribution in [-0.2, 0) is 0 Å². The van der Waals surface area contributed by atoms with Crippen LogP contribution in [0.3, 0.4) is 0 Å². The first kappa shape index (κ1) is 19.3. The summed E-state index contributed by atoms with van der Waals surface area (Å²) in [5.41, 5.74) is 0.572. The molecule has 0 aliphatic carbocycles. The Morgan fingerprint density at radius 2 is 1.88 bits per heavy atom. The molecule has 3 rings (SSSR count). The number of benzene rings is 2. The Hall–Kier alpha value is -2.04. The number of amides is 1. The molecule has 134 valence electrons. The molecule has 0 bridgehead atoms. The van der Waals surface area contributed by atoms with Crippen molar-refractivity contribution in [1.82, 2.24) is 10.6 Å². The van der Waals surface area contributed by atoms with E-state index in [0.717, 1.165) is 25.3 Å². The van der Waals surface area contributed by atoms with Gasteiger partial charge in [-0.05, 0) is 62.5 Å². The van der Waals surface area contributed by atoms with Crippen LogP contribution < -0.4 is 15.4 Å². The van der Waals surface area contributed by atoms with Crippen LogP contribution in [0.25, 0.3) is 0 Å². The van der Waals surface area contributed by atoms with Gasteiger partial charge in [-0.2, -0.15) is 0 Å². The Balaban J connectivity index is 0.00000225. The van der Waals surface area contributed by atoms with Crippen molar-refractivity contribution < 1.29 is 9.53 Å². The first-order valence-corrected chi connectivity index (χ1v) is 8.64. The summed E-state index contributed by atoms with van der Waals surface area (Å²) in [6.45, 7) is 2.88. The first-order chi connectivity index (χ1) is 11.8. The molecule has 1 fully saturated rings. The second kappa shape index (κ2) is 10.1. The van der Waals surface area contributed by atoms with E-state index in [1.807, 2.05) is 48.5 Å². The van der Waals surface area contributed by atoms with Gasteiger partial charge in [0.25, 0.3) is 5.91 Å². The number of nitrogens with one attached hydrogen (secondary N) is 2. The van der Waals surface area contributed by atoms with Crippen molar-refractivity contribution in [3.8, 4) is 11.5 Å². The summed E-state index contributed by atoms with van der Waals surface area (Å²) in [6.07, 6.45) is 3.49. The molecular weight excluding hydrogens is 336 g/mol. The normalized spacial score (nSPS) is 16.6. The van der Waals surface area contributed by atoms with Gasteiger partial charge in [-0.1, -0.05) is 30.3 Å². The zero-order valence-electron chi connectivity index (χ0n) is 14.2. The lowest BCUT2D eigenvalue weighted by atomic mass is 9.96. The molecule has 1 atom stereocenters. The highest BCUT2D eigenvalue weighted by molar-refractivity contribution is 5.97. The maximum absolute atomic E-state index is 12.5. The maximum atomic E-state index is 12.5. The molecule has 1 unspecified atom stereocenters. The molecular formula is C20H25ClN2O2. The molecule has 25 heavy (non-hydrogen) atoms. The van der Waals surface area contributed by atoms with Crippen LogP contribution in [0.2, 0.25) is 0 Å². The summed E-state index contributed by atoms with van der Waals surface area (Å²) >= 11 is 0. The fraction of sp³-hybridized carbons (Fsp3) is 0.350. The lowest BCUT2D eigenvalue weighted by molar-refractivity contribution is 0.0948. The quantitative estimate of drug-likeness (QED) is 0.818. The first-order valence-electron chi connectivity index (χ1n) is 8.64. The van der Waals surface area contributed by atoms with E-state index in [-0.39, 0.29) is 18.3 Å². The third-order valence-electron chi connectivity index (χ3n) is 4.34. The molecule has 2 N–H and O–H groups in total. The van der Waals surface area contributed by atoms with Gasteiger partial charge in [-0.25, -0.2) is 0 Å². The molecule has 0 saturated carbocycles. The number of rotatable bonds is 6. The van der Waals surface area contributed by atoms with Crippen molar-refractivity contribution in [2.45, 2.75) is 19.3 Å². The van der Waals surface area contributed by atoms with Crippen LogP contribution in [0.5, 0.6) is 11.5 Å². The van der Waals surface area contributed by atoms with Gasteiger partial charge in [0.15, 0.2) is 0 Å². The zero-order chi connectivity index (χ0) is 16.6. The van der Waals surface area contributed by atoms with Gasteiger partial charge in [0.1, 0.15) is 11.5 Å². The standard InChI is InChI=1S/C20H24N2O2.ClH/c23-20(22-14-12-16-7-6-13-21-15-16)18-10-4-5-11-19(18)24-17-8-2-1-3-9-17;/h1-5,8-11,16,21H,6-7,12-15H2,(H,22,23);1H. The van der Waals surface area contributed by atoms with Gasteiger partial charge in [-0.3, -0.25) is 4.79 Å². The fourth-order valence-corrected chi connectivity index (χ4v) is 3.01. The van der Waals surface area contributed by atoms with E-state index < -0.39 is 0 Å². The third-order valence-corrected chi connectivity index (χ3v) is 4.34. The van der Waals surface area contributed by atoms with Crippen LogP contribution >= 0.6 is 12.4 Å². The minimum atomic E-state index is -0.0784. The summed E-state index contributed by atoms with van der Waals surface area (Å²) in [4.78, 5) is 12.5. The smallest absolute Gasteiger partial charge is 0.255 e. The Labute approximate surface area is 155 Å². The summed E-state index contributed by atoms with van der Waals surface area (Å²) in [7, 11) is 0. The van der Waals surface area contributed by atoms with Crippen molar-refractivity contribution in [1.29, 1.82) is 0 Å². The molecule has 1 aliphatic rings. The number of piperidine rings is 1. The van der Waals surface area contributed by atoms with Crippen molar-refractivity contribution in [3.63, 3.8) is 0 Å². The van der Waals surface area contributed by atoms with Crippen molar-refractivity contribution in [2.75, 3.05) is 19.6 Å². The monoisotopic (exact) mass is 360 g/mol.